The zero-order chi connectivity index (χ0) is 15.7. The van der Waals surface area contributed by atoms with E-state index in [0.717, 1.165) is 21.1 Å². The molecule has 0 saturated carbocycles. The summed E-state index contributed by atoms with van der Waals surface area (Å²) >= 11 is 3.43. The fraction of sp³-hybridized carbons (Fsp3) is 0.176. The summed E-state index contributed by atoms with van der Waals surface area (Å²) in [5.41, 5.74) is 2.26. The van der Waals surface area contributed by atoms with Gasteiger partial charge in [-0.25, -0.2) is 0 Å². The summed E-state index contributed by atoms with van der Waals surface area (Å²) in [6.07, 6.45) is 3.67. The van der Waals surface area contributed by atoms with Crippen LogP contribution in [0.2, 0.25) is 0 Å². The summed E-state index contributed by atoms with van der Waals surface area (Å²) in [6, 6.07) is 11.6. The topological polar surface area (TPSA) is 46.9 Å². The van der Waals surface area contributed by atoms with Gasteiger partial charge in [-0.3, -0.25) is 9.78 Å². The molecule has 22 heavy (non-hydrogen) atoms. The van der Waals surface area contributed by atoms with Gasteiger partial charge in [-0.1, -0.05) is 6.07 Å². The third kappa shape index (κ3) is 2.76. The van der Waals surface area contributed by atoms with Gasteiger partial charge in [0, 0.05) is 28.3 Å². The molecule has 2 aromatic heterocycles. The molecule has 0 bridgehead atoms. The van der Waals surface area contributed by atoms with Gasteiger partial charge in [-0.05, 0) is 60.1 Å². The molecule has 0 saturated heterocycles. The van der Waals surface area contributed by atoms with Crippen LogP contribution >= 0.6 is 15.9 Å². The maximum absolute atomic E-state index is 12.6. The van der Waals surface area contributed by atoms with E-state index in [1.54, 1.807) is 6.20 Å². The van der Waals surface area contributed by atoms with E-state index >= 15 is 0 Å². The summed E-state index contributed by atoms with van der Waals surface area (Å²) in [6.45, 7) is 4.09. The highest BCUT2D eigenvalue weighted by atomic mass is 79.9. The molecule has 0 aliphatic carbocycles. The minimum atomic E-state index is -0.129. The zero-order valence-corrected chi connectivity index (χ0v) is 14.0. The molecule has 2 heterocycles. The number of hydrogen-bond acceptors (Lipinski definition) is 2. The minimum Gasteiger partial charge on any atom is -0.340 e. The van der Waals surface area contributed by atoms with Crippen LogP contribution in [0.5, 0.6) is 0 Å². The lowest BCUT2D eigenvalue weighted by atomic mass is 10.2. The summed E-state index contributed by atoms with van der Waals surface area (Å²) in [5.74, 6) is -0.129. The maximum Gasteiger partial charge on any atom is 0.272 e. The normalized spacial score (nSPS) is 11.1. The molecule has 0 fully saturated rings. The Morgan fingerprint density at radius 2 is 2.09 bits per heavy atom. The third-order valence-corrected chi connectivity index (χ3v) is 3.93. The number of hydrogen-bond donors (Lipinski definition) is 1. The number of benzene rings is 1. The Hall–Kier alpha value is -2.14. The summed E-state index contributed by atoms with van der Waals surface area (Å²) in [4.78, 5) is 16.9. The second-order valence-electron chi connectivity index (χ2n) is 5.37. The smallest absolute Gasteiger partial charge is 0.272 e. The molecule has 0 atom stereocenters. The van der Waals surface area contributed by atoms with Gasteiger partial charge in [0.15, 0.2) is 0 Å². The molecule has 1 amide bonds. The van der Waals surface area contributed by atoms with Crippen molar-refractivity contribution in [3.05, 3.63) is 59.0 Å². The molecule has 0 spiro atoms. The number of carbonyl (C=O) groups is 1. The van der Waals surface area contributed by atoms with Crippen molar-refractivity contribution in [2.75, 3.05) is 5.32 Å². The molecule has 3 aromatic rings. The van der Waals surface area contributed by atoms with E-state index in [0.29, 0.717) is 5.69 Å². The monoisotopic (exact) mass is 357 g/mol. The highest BCUT2D eigenvalue weighted by Crippen LogP contribution is 2.24. The number of anilines is 1. The van der Waals surface area contributed by atoms with E-state index < -0.39 is 0 Å². The fourth-order valence-electron chi connectivity index (χ4n) is 2.45. The highest BCUT2D eigenvalue weighted by Gasteiger charge is 2.16. The molecule has 1 aromatic carbocycles. The number of pyridine rings is 1. The molecule has 112 valence electrons. The van der Waals surface area contributed by atoms with Gasteiger partial charge in [0.2, 0.25) is 0 Å². The van der Waals surface area contributed by atoms with Gasteiger partial charge in [0.05, 0.1) is 11.2 Å². The molecule has 5 heteroatoms. The van der Waals surface area contributed by atoms with Crippen LogP contribution in [0, 0.1) is 0 Å². The molecular formula is C17H16BrN3O. The zero-order valence-electron chi connectivity index (χ0n) is 12.4. The number of carbonyl (C=O) groups excluding carboxylic acids is 1. The lowest BCUT2D eigenvalue weighted by Gasteiger charge is -2.13. The van der Waals surface area contributed by atoms with Gasteiger partial charge in [-0.2, -0.15) is 0 Å². The Morgan fingerprint density at radius 3 is 2.86 bits per heavy atom. The van der Waals surface area contributed by atoms with Crippen LogP contribution in [0.15, 0.2) is 53.3 Å². The molecule has 0 aliphatic heterocycles. The lowest BCUT2D eigenvalue weighted by Crippen LogP contribution is -2.17. The van der Waals surface area contributed by atoms with E-state index in [1.165, 1.54) is 0 Å². The number of nitrogens with one attached hydrogen (secondary N) is 1. The molecule has 0 radical (unpaired) electrons. The van der Waals surface area contributed by atoms with Crippen molar-refractivity contribution in [2.24, 2.45) is 0 Å². The second-order valence-corrected chi connectivity index (χ2v) is 6.29. The summed E-state index contributed by atoms with van der Waals surface area (Å²) < 4.78 is 2.84. The van der Waals surface area contributed by atoms with Crippen LogP contribution < -0.4 is 5.32 Å². The Balaban J connectivity index is 1.97. The number of nitrogens with zero attached hydrogens (tertiary/aromatic N) is 2. The number of aromatic nitrogens is 2. The summed E-state index contributed by atoms with van der Waals surface area (Å²) in [7, 11) is 0. The lowest BCUT2D eigenvalue weighted by molar-refractivity contribution is 0.101. The molecule has 0 unspecified atom stereocenters. The average Bonchev–Trinajstić information content (AvgIpc) is 2.90. The van der Waals surface area contributed by atoms with Gasteiger partial charge < -0.3 is 9.88 Å². The SMILES string of the molecule is CC(C)n1cc(Br)cc1C(=O)Nc1cccc2ncccc12. The van der Waals surface area contributed by atoms with Crippen LogP contribution in [0.4, 0.5) is 5.69 Å². The Kier molecular flexibility index (Phi) is 3.98. The van der Waals surface area contributed by atoms with Crippen molar-refractivity contribution < 1.29 is 4.79 Å². The van der Waals surface area contributed by atoms with Crippen molar-refractivity contribution in [3.8, 4) is 0 Å². The molecule has 1 N–H and O–H groups in total. The van der Waals surface area contributed by atoms with Crippen LogP contribution in [0.1, 0.15) is 30.4 Å². The first-order chi connectivity index (χ1) is 10.6. The largest absolute Gasteiger partial charge is 0.340 e. The second kappa shape index (κ2) is 5.93. The third-order valence-electron chi connectivity index (χ3n) is 3.50. The number of halogens is 1. The summed E-state index contributed by atoms with van der Waals surface area (Å²) in [5, 5.41) is 3.92. The molecular weight excluding hydrogens is 342 g/mol. The van der Waals surface area contributed by atoms with E-state index in [1.807, 2.05) is 61.0 Å². The fourth-order valence-corrected chi connectivity index (χ4v) is 2.89. The molecule has 4 nitrogen and oxygen atoms in total. The van der Waals surface area contributed by atoms with Gasteiger partial charge >= 0.3 is 0 Å². The highest BCUT2D eigenvalue weighted by molar-refractivity contribution is 9.10. The van der Waals surface area contributed by atoms with Gasteiger partial charge in [0.25, 0.3) is 5.91 Å². The quantitative estimate of drug-likeness (QED) is 0.742. The van der Waals surface area contributed by atoms with Crippen molar-refractivity contribution >= 4 is 38.4 Å². The van der Waals surface area contributed by atoms with E-state index in [4.69, 9.17) is 0 Å². The molecule has 0 aliphatic rings. The number of rotatable bonds is 3. The molecule has 3 rings (SSSR count). The van der Waals surface area contributed by atoms with Crippen molar-refractivity contribution in [1.82, 2.24) is 9.55 Å². The number of amides is 1. The van der Waals surface area contributed by atoms with E-state index in [9.17, 15) is 4.79 Å². The van der Waals surface area contributed by atoms with E-state index in [-0.39, 0.29) is 11.9 Å². The van der Waals surface area contributed by atoms with Gasteiger partial charge in [-0.15, -0.1) is 0 Å². The first-order valence-corrected chi connectivity index (χ1v) is 7.88. The number of fused-ring (bicyclic) bond motifs is 1. The minimum absolute atomic E-state index is 0.129. The average molecular weight is 358 g/mol. The Morgan fingerprint density at radius 1 is 1.27 bits per heavy atom. The van der Waals surface area contributed by atoms with Crippen LogP contribution in [-0.2, 0) is 0 Å². The predicted molar refractivity (Wildman–Crippen MR) is 92.2 cm³/mol. The van der Waals surface area contributed by atoms with Crippen molar-refractivity contribution in [3.63, 3.8) is 0 Å². The maximum atomic E-state index is 12.6. The standard InChI is InChI=1S/C17H16BrN3O/c1-11(2)21-10-12(18)9-16(21)17(22)20-15-7-3-6-14-13(15)5-4-8-19-14/h3-11H,1-2H3,(H,20,22). The van der Waals surface area contributed by atoms with Crippen LogP contribution in [0.25, 0.3) is 10.9 Å². The first kappa shape index (κ1) is 14.8. The Bertz CT molecular complexity index is 834. The van der Waals surface area contributed by atoms with Crippen molar-refractivity contribution in [1.29, 1.82) is 0 Å². The van der Waals surface area contributed by atoms with Gasteiger partial charge in [0.1, 0.15) is 5.69 Å². The first-order valence-electron chi connectivity index (χ1n) is 7.09. The predicted octanol–water partition coefficient (Wildman–Crippen LogP) is 4.63. The van der Waals surface area contributed by atoms with E-state index in [2.05, 4.69) is 26.2 Å². The Labute approximate surface area is 137 Å². The van der Waals surface area contributed by atoms with Crippen molar-refractivity contribution in [2.45, 2.75) is 19.9 Å². The van der Waals surface area contributed by atoms with Crippen LogP contribution in [0.3, 0.4) is 0 Å². The van der Waals surface area contributed by atoms with Crippen LogP contribution in [-0.4, -0.2) is 15.5 Å².